The highest BCUT2D eigenvalue weighted by molar-refractivity contribution is 5.18. The molecule has 1 fully saturated rings. The van der Waals surface area contributed by atoms with E-state index in [-0.39, 0.29) is 0 Å². The summed E-state index contributed by atoms with van der Waals surface area (Å²) in [5.74, 6) is 0.991. The molecule has 1 nitrogen and oxygen atoms in total. The Morgan fingerprint density at radius 1 is 1.22 bits per heavy atom. The first-order valence-electron chi connectivity index (χ1n) is 7.60. The summed E-state index contributed by atoms with van der Waals surface area (Å²) in [4.78, 5) is 0. The molecule has 2 atom stereocenters. The highest BCUT2D eigenvalue weighted by Crippen LogP contribution is 2.31. The maximum Gasteiger partial charge on any atom is 0.0322 e. The quantitative estimate of drug-likeness (QED) is 0.734. The van der Waals surface area contributed by atoms with Gasteiger partial charge in [-0.1, -0.05) is 62.9 Å². The predicted octanol–water partition coefficient (Wildman–Crippen LogP) is 4.70. The minimum absolute atomic E-state index is 0.534. The fraction of sp³-hybridized carbons (Fsp3) is 0.647. The zero-order chi connectivity index (χ0) is 12.8. The molecule has 1 aromatic rings. The van der Waals surface area contributed by atoms with Crippen LogP contribution in [0.3, 0.4) is 0 Å². The lowest BCUT2D eigenvalue weighted by molar-refractivity contribution is 0.255. The molecule has 0 aliphatic heterocycles. The molecule has 1 N–H and O–H groups in total. The molecule has 0 spiro atoms. The molecule has 1 aliphatic carbocycles. The number of rotatable bonds is 7. The van der Waals surface area contributed by atoms with Gasteiger partial charge in [0.05, 0.1) is 0 Å². The smallest absolute Gasteiger partial charge is 0.0322 e. The van der Waals surface area contributed by atoms with E-state index in [9.17, 15) is 0 Å². The molecule has 0 heterocycles. The van der Waals surface area contributed by atoms with Crippen LogP contribution in [0.1, 0.15) is 64.0 Å². The molecular formula is C17H27N. The molecule has 0 aromatic heterocycles. The highest BCUT2D eigenvalue weighted by atomic mass is 14.9. The molecule has 1 aliphatic rings. The van der Waals surface area contributed by atoms with E-state index < -0.39 is 0 Å². The van der Waals surface area contributed by atoms with Crippen molar-refractivity contribution in [2.75, 3.05) is 0 Å². The van der Waals surface area contributed by atoms with Crippen molar-refractivity contribution in [3.63, 3.8) is 0 Å². The van der Waals surface area contributed by atoms with Crippen molar-refractivity contribution in [2.24, 2.45) is 5.92 Å². The molecule has 1 saturated carbocycles. The van der Waals surface area contributed by atoms with E-state index in [1.165, 1.54) is 44.1 Å². The molecule has 0 saturated heterocycles. The second kappa shape index (κ2) is 6.94. The third-order valence-electron chi connectivity index (χ3n) is 4.18. The number of hydrogen-bond acceptors (Lipinski definition) is 1. The Labute approximate surface area is 112 Å². The minimum Gasteiger partial charge on any atom is -0.307 e. The Balaban J connectivity index is 1.88. The summed E-state index contributed by atoms with van der Waals surface area (Å²) in [6.45, 7) is 4.62. The lowest BCUT2D eigenvalue weighted by atomic mass is 9.81. The van der Waals surface area contributed by atoms with Crippen LogP contribution in [0.15, 0.2) is 30.3 Å². The summed E-state index contributed by atoms with van der Waals surface area (Å²) in [5.41, 5.74) is 1.44. The fourth-order valence-corrected chi connectivity index (χ4v) is 2.96. The summed E-state index contributed by atoms with van der Waals surface area (Å²) in [6.07, 6.45) is 8.19. The molecule has 2 rings (SSSR count). The molecule has 0 amide bonds. The Kier molecular flexibility index (Phi) is 5.25. The first-order valence-corrected chi connectivity index (χ1v) is 7.60. The van der Waals surface area contributed by atoms with Gasteiger partial charge in [0.15, 0.2) is 0 Å². The third-order valence-corrected chi connectivity index (χ3v) is 4.18. The van der Waals surface area contributed by atoms with E-state index in [4.69, 9.17) is 0 Å². The van der Waals surface area contributed by atoms with E-state index in [0.29, 0.717) is 12.1 Å². The largest absolute Gasteiger partial charge is 0.307 e. The minimum atomic E-state index is 0.534. The Morgan fingerprint density at radius 3 is 2.50 bits per heavy atom. The molecular weight excluding hydrogens is 218 g/mol. The average molecular weight is 245 g/mol. The Hall–Kier alpha value is -0.820. The third kappa shape index (κ3) is 3.84. The first-order chi connectivity index (χ1) is 8.79. The van der Waals surface area contributed by atoms with E-state index in [1.807, 2.05) is 0 Å². The average Bonchev–Trinajstić information content (AvgIpc) is 2.34. The van der Waals surface area contributed by atoms with Gasteiger partial charge in [0.1, 0.15) is 0 Å². The Bertz CT molecular complexity index is 329. The first kappa shape index (κ1) is 13.6. The molecule has 18 heavy (non-hydrogen) atoms. The van der Waals surface area contributed by atoms with Gasteiger partial charge < -0.3 is 5.32 Å². The van der Waals surface area contributed by atoms with Crippen LogP contribution in [-0.4, -0.2) is 6.04 Å². The standard InChI is InChI=1S/C17H27N/c1-3-8-17(16-11-5-4-6-12-16)18-14(2)13-15-9-7-10-15/h4-6,11-12,14-15,17-18H,3,7-10,13H2,1-2H3. The predicted molar refractivity (Wildman–Crippen MR) is 78.6 cm³/mol. The summed E-state index contributed by atoms with van der Waals surface area (Å²) in [6, 6.07) is 12.1. The van der Waals surface area contributed by atoms with Crippen LogP contribution in [0.5, 0.6) is 0 Å². The van der Waals surface area contributed by atoms with Crippen molar-refractivity contribution in [3.05, 3.63) is 35.9 Å². The fourth-order valence-electron chi connectivity index (χ4n) is 2.96. The van der Waals surface area contributed by atoms with Crippen LogP contribution in [0.4, 0.5) is 0 Å². The van der Waals surface area contributed by atoms with E-state index in [0.717, 1.165) is 5.92 Å². The van der Waals surface area contributed by atoms with Gasteiger partial charge in [0.2, 0.25) is 0 Å². The van der Waals surface area contributed by atoms with Crippen molar-refractivity contribution in [2.45, 2.75) is 64.5 Å². The molecule has 0 bridgehead atoms. The molecule has 0 radical (unpaired) electrons. The van der Waals surface area contributed by atoms with Gasteiger partial charge in [0, 0.05) is 12.1 Å². The van der Waals surface area contributed by atoms with Gasteiger partial charge in [0.25, 0.3) is 0 Å². The zero-order valence-electron chi connectivity index (χ0n) is 11.9. The zero-order valence-corrected chi connectivity index (χ0v) is 11.9. The lowest BCUT2D eigenvalue weighted by Crippen LogP contribution is -2.33. The number of hydrogen-bond donors (Lipinski definition) is 1. The monoisotopic (exact) mass is 245 g/mol. The Morgan fingerprint density at radius 2 is 1.94 bits per heavy atom. The summed E-state index contributed by atoms with van der Waals surface area (Å²) in [7, 11) is 0. The number of benzene rings is 1. The summed E-state index contributed by atoms with van der Waals surface area (Å²) >= 11 is 0. The summed E-state index contributed by atoms with van der Waals surface area (Å²) in [5, 5.41) is 3.83. The van der Waals surface area contributed by atoms with Crippen LogP contribution in [0.2, 0.25) is 0 Å². The van der Waals surface area contributed by atoms with Crippen molar-refractivity contribution in [1.82, 2.24) is 5.32 Å². The maximum absolute atomic E-state index is 3.83. The number of nitrogens with one attached hydrogen (secondary N) is 1. The second-order valence-corrected chi connectivity index (χ2v) is 5.85. The molecule has 2 unspecified atom stereocenters. The van der Waals surface area contributed by atoms with Gasteiger partial charge in [-0.15, -0.1) is 0 Å². The molecule has 1 aromatic carbocycles. The van der Waals surface area contributed by atoms with Crippen molar-refractivity contribution < 1.29 is 0 Å². The second-order valence-electron chi connectivity index (χ2n) is 5.85. The van der Waals surface area contributed by atoms with Crippen LogP contribution in [0, 0.1) is 5.92 Å². The van der Waals surface area contributed by atoms with E-state index >= 15 is 0 Å². The molecule has 1 heteroatoms. The van der Waals surface area contributed by atoms with Crippen molar-refractivity contribution in [1.29, 1.82) is 0 Å². The van der Waals surface area contributed by atoms with Gasteiger partial charge in [-0.05, 0) is 31.2 Å². The van der Waals surface area contributed by atoms with Gasteiger partial charge in [-0.3, -0.25) is 0 Å². The van der Waals surface area contributed by atoms with Crippen molar-refractivity contribution in [3.8, 4) is 0 Å². The van der Waals surface area contributed by atoms with Crippen LogP contribution >= 0.6 is 0 Å². The lowest BCUT2D eigenvalue weighted by Gasteiger charge is -2.31. The van der Waals surface area contributed by atoms with Gasteiger partial charge >= 0.3 is 0 Å². The topological polar surface area (TPSA) is 12.0 Å². The maximum atomic E-state index is 3.83. The van der Waals surface area contributed by atoms with Crippen molar-refractivity contribution >= 4 is 0 Å². The van der Waals surface area contributed by atoms with Crippen LogP contribution in [-0.2, 0) is 0 Å². The SMILES string of the molecule is CCCC(NC(C)CC1CCC1)c1ccccc1. The van der Waals surface area contributed by atoms with E-state index in [2.05, 4.69) is 49.5 Å². The van der Waals surface area contributed by atoms with Gasteiger partial charge in [-0.25, -0.2) is 0 Å². The highest BCUT2D eigenvalue weighted by Gasteiger charge is 2.21. The molecule has 100 valence electrons. The van der Waals surface area contributed by atoms with Crippen LogP contribution < -0.4 is 5.32 Å². The normalized spacial score (nSPS) is 19.2. The summed E-state index contributed by atoms with van der Waals surface area (Å²) < 4.78 is 0. The van der Waals surface area contributed by atoms with Gasteiger partial charge in [-0.2, -0.15) is 0 Å². The van der Waals surface area contributed by atoms with Crippen LogP contribution in [0.25, 0.3) is 0 Å². The van der Waals surface area contributed by atoms with E-state index in [1.54, 1.807) is 0 Å².